The fourth-order valence-corrected chi connectivity index (χ4v) is 3.66. The Hall–Kier alpha value is -3.06. The maximum atomic E-state index is 13.6. The van der Waals surface area contributed by atoms with E-state index in [9.17, 15) is 9.59 Å². The lowest BCUT2D eigenvalue weighted by Crippen LogP contribution is -2.49. The number of aromatic nitrogens is 2. The molecule has 0 aliphatic heterocycles. The summed E-state index contributed by atoms with van der Waals surface area (Å²) in [7, 11) is 0. The summed E-state index contributed by atoms with van der Waals surface area (Å²) in [6.07, 6.45) is 0. The molecule has 0 aliphatic rings. The maximum Gasteiger partial charge on any atom is 0.280 e. The Morgan fingerprint density at radius 2 is 1.73 bits per heavy atom. The standard InChI is InChI=1S/C23H26N4O2S/c1-15-10-9-13-19(16(15)2)27(22(29)18-14-30-26-25-18)20(17-11-7-6-8-12-17)21(28)24-23(3,4)5/h6-14,20H,1-5H3,(H,24,28). The SMILES string of the molecule is Cc1cccc(N(C(=O)c2csnn2)C(C(=O)NC(C)(C)C)c2ccccc2)c1C. The molecule has 6 nitrogen and oxygen atoms in total. The lowest BCUT2D eigenvalue weighted by Gasteiger charge is -2.34. The second-order valence-corrected chi connectivity index (χ2v) is 8.85. The van der Waals surface area contributed by atoms with Crippen LogP contribution in [0.15, 0.2) is 53.9 Å². The van der Waals surface area contributed by atoms with Crippen LogP contribution in [-0.4, -0.2) is 26.9 Å². The number of amides is 2. The quantitative estimate of drug-likeness (QED) is 0.659. The van der Waals surface area contributed by atoms with Gasteiger partial charge < -0.3 is 5.32 Å². The molecule has 7 heteroatoms. The third-order valence-corrected chi connectivity index (χ3v) is 5.26. The molecule has 1 heterocycles. The molecule has 3 aromatic rings. The summed E-state index contributed by atoms with van der Waals surface area (Å²) in [5.74, 6) is -0.624. The molecule has 1 N–H and O–H groups in total. The third-order valence-electron chi connectivity index (χ3n) is 4.75. The normalized spacial score (nSPS) is 12.3. The van der Waals surface area contributed by atoms with Gasteiger partial charge >= 0.3 is 0 Å². The molecule has 0 radical (unpaired) electrons. The summed E-state index contributed by atoms with van der Waals surface area (Å²) in [6, 6.07) is 14.2. The first-order chi connectivity index (χ1) is 14.2. The van der Waals surface area contributed by atoms with Crippen LogP contribution in [0.25, 0.3) is 0 Å². The minimum Gasteiger partial charge on any atom is -0.349 e. The molecule has 1 atom stereocenters. The fraction of sp³-hybridized carbons (Fsp3) is 0.304. The van der Waals surface area contributed by atoms with E-state index in [4.69, 9.17) is 0 Å². The van der Waals surface area contributed by atoms with Crippen LogP contribution in [0.5, 0.6) is 0 Å². The van der Waals surface area contributed by atoms with Crippen molar-refractivity contribution in [2.45, 2.75) is 46.2 Å². The predicted molar refractivity (Wildman–Crippen MR) is 120 cm³/mol. The number of carbonyl (C=O) groups is 2. The van der Waals surface area contributed by atoms with E-state index in [1.54, 1.807) is 5.38 Å². The van der Waals surface area contributed by atoms with Crippen molar-refractivity contribution in [3.63, 3.8) is 0 Å². The van der Waals surface area contributed by atoms with Gasteiger partial charge in [-0.05, 0) is 68.9 Å². The lowest BCUT2D eigenvalue weighted by atomic mass is 9.98. The topological polar surface area (TPSA) is 75.2 Å². The van der Waals surface area contributed by atoms with Crippen LogP contribution in [0.2, 0.25) is 0 Å². The molecule has 3 rings (SSSR count). The highest BCUT2D eigenvalue weighted by Gasteiger charge is 2.36. The van der Waals surface area contributed by atoms with Crippen molar-refractivity contribution in [3.8, 4) is 0 Å². The minimum atomic E-state index is -0.861. The summed E-state index contributed by atoms with van der Waals surface area (Å²) in [6.45, 7) is 9.69. The largest absolute Gasteiger partial charge is 0.349 e. The van der Waals surface area contributed by atoms with Crippen molar-refractivity contribution in [2.75, 3.05) is 4.90 Å². The number of anilines is 1. The predicted octanol–water partition coefficient (Wildman–Crippen LogP) is 4.46. The first kappa shape index (κ1) is 21.6. The zero-order chi connectivity index (χ0) is 21.9. The van der Waals surface area contributed by atoms with Crippen molar-refractivity contribution in [1.29, 1.82) is 0 Å². The van der Waals surface area contributed by atoms with E-state index < -0.39 is 11.6 Å². The van der Waals surface area contributed by atoms with Crippen molar-refractivity contribution < 1.29 is 9.59 Å². The third kappa shape index (κ3) is 4.74. The highest BCUT2D eigenvalue weighted by Crippen LogP contribution is 2.33. The number of carbonyl (C=O) groups excluding carboxylic acids is 2. The van der Waals surface area contributed by atoms with Gasteiger partial charge in [0.15, 0.2) is 5.69 Å². The molecule has 0 spiro atoms. The number of nitrogens with zero attached hydrogens (tertiary/aromatic N) is 3. The number of rotatable bonds is 5. The lowest BCUT2D eigenvalue weighted by molar-refractivity contribution is -0.123. The Labute approximate surface area is 181 Å². The van der Waals surface area contributed by atoms with Crippen LogP contribution >= 0.6 is 11.5 Å². The number of hydrogen-bond donors (Lipinski definition) is 1. The first-order valence-corrected chi connectivity index (χ1v) is 10.6. The second kappa shape index (κ2) is 8.75. The van der Waals surface area contributed by atoms with Crippen LogP contribution in [0.1, 0.15) is 54.0 Å². The van der Waals surface area contributed by atoms with E-state index in [1.807, 2.05) is 83.1 Å². The Kier molecular flexibility index (Phi) is 6.31. The average Bonchev–Trinajstić information content (AvgIpc) is 3.22. The van der Waals surface area contributed by atoms with Gasteiger partial charge in [0.25, 0.3) is 5.91 Å². The van der Waals surface area contributed by atoms with Gasteiger partial charge in [0.05, 0.1) is 0 Å². The molecule has 2 aromatic carbocycles. The molecular formula is C23H26N4O2S. The second-order valence-electron chi connectivity index (χ2n) is 8.24. The molecule has 0 fully saturated rings. The van der Waals surface area contributed by atoms with Crippen molar-refractivity contribution in [1.82, 2.24) is 14.9 Å². The zero-order valence-corrected chi connectivity index (χ0v) is 18.7. The van der Waals surface area contributed by atoms with Gasteiger partial charge in [-0.2, -0.15) is 0 Å². The van der Waals surface area contributed by atoms with E-state index in [-0.39, 0.29) is 17.5 Å². The zero-order valence-electron chi connectivity index (χ0n) is 17.8. The molecule has 0 saturated heterocycles. The monoisotopic (exact) mass is 422 g/mol. The number of benzene rings is 2. The van der Waals surface area contributed by atoms with Gasteiger partial charge in [-0.15, -0.1) is 5.10 Å². The molecule has 1 aromatic heterocycles. The van der Waals surface area contributed by atoms with Crippen molar-refractivity contribution in [2.24, 2.45) is 0 Å². The summed E-state index contributed by atoms with van der Waals surface area (Å²) in [5.41, 5.74) is 3.11. The van der Waals surface area contributed by atoms with Crippen molar-refractivity contribution >= 4 is 29.0 Å². The minimum absolute atomic E-state index is 0.213. The smallest absolute Gasteiger partial charge is 0.280 e. The number of hydrogen-bond acceptors (Lipinski definition) is 5. The molecule has 1 unspecified atom stereocenters. The molecular weight excluding hydrogens is 396 g/mol. The van der Waals surface area contributed by atoms with Gasteiger partial charge in [0, 0.05) is 16.6 Å². The van der Waals surface area contributed by atoms with E-state index in [2.05, 4.69) is 14.9 Å². The summed E-state index contributed by atoms with van der Waals surface area (Å²) in [5, 5.41) is 8.61. The number of aryl methyl sites for hydroxylation is 1. The van der Waals surface area contributed by atoms with Gasteiger partial charge in [-0.25, -0.2) is 0 Å². The van der Waals surface area contributed by atoms with Crippen LogP contribution in [0.3, 0.4) is 0 Å². The average molecular weight is 423 g/mol. The molecule has 0 saturated carbocycles. The van der Waals surface area contributed by atoms with Crippen LogP contribution < -0.4 is 10.2 Å². The summed E-state index contributed by atoms with van der Waals surface area (Å²) in [4.78, 5) is 28.6. The molecule has 0 aliphatic carbocycles. The van der Waals surface area contributed by atoms with Crippen LogP contribution in [-0.2, 0) is 4.79 Å². The first-order valence-electron chi connectivity index (χ1n) is 9.73. The summed E-state index contributed by atoms with van der Waals surface area (Å²) >= 11 is 1.10. The Morgan fingerprint density at radius 1 is 1.03 bits per heavy atom. The Bertz CT molecular complexity index is 1030. The highest BCUT2D eigenvalue weighted by atomic mass is 32.1. The van der Waals surface area contributed by atoms with Gasteiger partial charge in [0.1, 0.15) is 6.04 Å². The van der Waals surface area contributed by atoms with E-state index in [1.165, 1.54) is 4.90 Å². The Balaban J connectivity index is 2.22. The molecule has 0 bridgehead atoms. The van der Waals surface area contributed by atoms with Gasteiger partial charge in [0.2, 0.25) is 5.91 Å². The van der Waals surface area contributed by atoms with Crippen LogP contribution in [0, 0.1) is 13.8 Å². The molecule has 30 heavy (non-hydrogen) atoms. The van der Waals surface area contributed by atoms with Crippen molar-refractivity contribution in [3.05, 3.63) is 76.3 Å². The van der Waals surface area contributed by atoms with Crippen LogP contribution in [0.4, 0.5) is 5.69 Å². The highest BCUT2D eigenvalue weighted by molar-refractivity contribution is 7.03. The summed E-state index contributed by atoms with van der Waals surface area (Å²) < 4.78 is 3.84. The molecule has 2 amide bonds. The van der Waals surface area contributed by atoms with Gasteiger partial charge in [-0.1, -0.05) is 47.0 Å². The maximum absolute atomic E-state index is 13.6. The molecule has 156 valence electrons. The van der Waals surface area contributed by atoms with E-state index in [0.717, 1.165) is 28.2 Å². The van der Waals surface area contributed by atoms with Gasteiger partial charge in [-0.3, -0.25) is 14.5 Å². The Morgan fingerprint density at radius 3 is 2.33 bits per heavy atom. The van der Waals surface area contributed by atoms with E-state index in [0.29, 0.717) is 5.69 Å². The van der Waals surface area contributed by atoms with E-state index >= 15 is 0 Å². The number of nitrogens with one attached hydrogen (secondary N) is 1. The fourth-order valence-electron chi connectivity index (χ4n) is 3.23.